The molecular formula is C15H23NO3S. The van der Waals surface area contributed by atoms with E-state index in [9.17, 15) is 13.5 Å². The normalized spacial score (nSPS) is 20.8. The summed E-state index contributed by atoms with van der Waals surface area (Å²) in [5, 5.41) is 13.5. The second-order valence-corrected chi connectivity index (χ2v) is 8.07. The fourth-order valence-electron chi connectivity index (χ4n) is 2.69. The average molecular weight is 297 g/mol. The van der Waals surface area contributed by atoms with E-state index in [0.717, 1.165) is 16.7 Å². The van der Waals surface area contributed by atoms with E-state index in [1.807, 2.05) is 26.0 Å². The van der Waals surface area contributed by atoms with Gasteiger partial charge in [0.05, 0.1) is 17.6 Å². The third-order valence-corrected chi connectivity index (χ3v) is 5.50. The third-order valence-electron chi connectivity index (χ3n) is 3.78. The molecule has 1 saturated heterocycles. The molecule has 0 bridgehead atoms. The lowest BCUT2D eigenvalue weighted by molar-refractivity contribution is 0.168. The molecule has 4 nitrogen and oxygen atoms in total. The highest BCUT2D eigenvalue weighted by Gasteiger charge is 2.23. The Morgan fingerprint density at radius 1 is 1.20 bits per heavy atom. The molecule has 0 saturated carbocycles. The van der Waals surface area contributed by atoms with Crippen molar-refractivity contribution < 1.29 is 13.5 Å². The second kappa shape index (κ2) is 6.24. The molecule has 0 spiro atoms. The molecule has 1 aliphatic heterocycles. The quantitative estimate of drug-likeness (QED) is 0.884. The van der Waals surface area contributed by atoms with E-state index in [4.69, 9.17) is 0 Å². The molecule has 20 heavy (non-hydrogen) atoms. The van der Waals surface area contributed by atoms with Gasteiger partial charge in [0.1, 0.15) is 9.84 Å². The van der Waals surface area contributed by atoms with Crippen LogP contribution in [0.1, 0.15) is 35.6 Å². The molecule has 1 aliphatic rings. The number of aliphatic hydroxyl groups excluding tert-OH is 1. The number of hydrogen-bond donors (Lipinski definition) is 2. The van der Waals surface area contributed by atoms with Crippen LogP contribution in [0.5, 0.6) is 0 Å². The average Bonchev–Trinajstić information content (AvgIpc) is 2.36. The smallest absolute Gasteiger partial charge is 0.150 e. The molecule has 0 amide bonds. The molecule has 0 radical (unpaired) electrons. The number of aliphatic hydroxyl groups is 1. The van der Waals surface area contributed by atoms with Crippen molar-refractivity contribution in [1.29, 1.82) is 0 Å². The van der Waals surface area contributed by atoms with Gasteiger partial charge in [-0.25, -0.2) is 8.42 Å². The standard InChI is InChI=1S/C15H23NO3S/c1-11-7-12(2)9-13(8-11)15(17)10-16-14-3-5-20(18,19)6-4-14/h7-9,14-17H,3-6,10H2,1-2H3. The topological polar surface area (TPSA) is 66.4 Å². The Kier molecular flexibility index (Phi) is 4.83. The van der Waals surface area contributed by atoms with Gasteiger partial charge in [0.15, 0.2) is 0 Å². The Bertz CT molecular complexity index is 534. The van der Waals surface area contributed by atoms with E-state index < -0.39 is 15.9 Å². The zero-order chi connectivity index (χ0) is 14.8. The van der Waals surface area contributed by atoms with Crippen molar-refractivity contribution in [1.82, 2.24) is 5.32 Å². The first-order valence-electron chi connectivity index (χ1n) is 7.06. The van der Waals surface area contributed by atoms with Crippen LogP contribution in [0, 0.1) is 13.8 Å². The van der Waals surface area contributed by atoms with Crippen LogP contribution in [0.25, 0.3) is 0 Å². The first-order valence-corrected chi connectivity index (χ1v) is 8.88. The molecule has 0 aliphatic carbocycles. The van der Waals surface area contributed by atoms with Gasteiger partial charge in [0.2, 0.25) is 0 Å². The van der Waals surface area contributed by atoms with Gasteiger partial charge < -0.3 is 10.4 Å². The maximum atomic E-state index is 11.4. The fraction of sp³-hybridized carbons (Fsp3) is 0.600. The van der Waals surface area contributed by atoms with Crippen LogP contribution in [0.4, 0.5) is 0 Å². The van der Waals surface area contributed by atoms with Crippen molar-refractivity contribution in [3.63, 3.8) is 0 Å². The molecule has 1 aromatic carbocycles. The Hall–Kier alpha value is -0.910. The van der Waals surface area contributed by atoms with E-state index in [2.05, 4.69) is 11.4 Å². The zero-order valence-corrected chi connectivity index (χ0v) is 12.9. The number of rotatable bonds is 4. The van der Waals surface area contributed by atoms with Gasteiger partial charge in [-0.15, -0.1) is 0 Å². The van der Waals surface area contributed by atoms with Gasteiger partial charge in [-0.05, 0) is 32.3 Å². The Balaban J connectivity index is 1.88. The van der Waals surface area contributed by atoms with Crippen molar-refractivity contribution >= 4 is 9.84 Å². The molecule has 2 N–H and O–H groups in total. The Labute approximate surface area is 121 Å². The minimum absolute atomic E-state index is 0.194. The summed E-state index contributed by atoms with van der Waals surface area (Å²) in [7, 11) is -2.82. The predicted octanol–water partition coefficient (Wildman–Crippen LogP) is 1.50. The SMILES string of the molecule is Cc1cc(C)cc(C(O)CNC2CCS(=O)(=O)CC2)c1. The zero-order valence-electron chi connectivity index (χ0n) is 12.1. The molecular weight excluding hydrogens is 274 g/mol. The minimum atomic E-state index is -2.82. The molecule has 5 heteroatoms. The summed E-state index contributed by atoms with van der Waals surface area (Å²) in [5.74, 6) is 0.509. The van der Waals surface area contributed by atoms with Crippen molar-refractivity contribution in [2.24, 2.45) is 0 Å². The van der Waals surface area contributed by atoms with Crippen LogP contribution in [0.2, 0.25) is 0 Å². The highest BCUT2D eigenvalue weighted by Crippen LogP contribution is 2.18. The molecule has 112 valence electrons. The van der Waals surface area contributed by atoms with Crippen LogP contribution in [-0.2, 0) is 9.84 Å². The molecule has 2 rings (SSSR count). The number of sulfone groups is 1. The molecule has 1 atom stereocenters. The Morgan fingerprint density at radius 3 is 2.30 bits per heavy atom. The van der Waals surface area contributed by atoms with E-state index >= 15 is 0 Å². The van der Waals surface area contributed by atoms with Crippen LogP contribution in [0.3, 0.4) is 0 Å². The lowest BCUT2D eigenvalue weighted by Gasteiger charge is -2.24. The number of hydrogen-bond acceptors (Lipinski definition) is 4. The van der Waals surface area contributed by atoms with Gasteiger partial charge in [-0.2, -0.15) is 0 Å². The molecule has 1 unspecified atom stereocenters. The summed E-state index contributed by atoms with van der Waals surface area (Å²) in [6, 6.07) is 6.25. The van der Waals surface area contributed by atoms with Crippen LogP contribution in [-0.4, -0.2) is 37.6 Å². The van der Waals surface area contributed by atoms with E-state index in [0.29, 0.717) is 19.4 Å². The van der Waals surface area contributed by atoms with Gasteiger partial charge in [0, 0.05) is 12.6 Å². The van der Waals surface area contributed by atoms with Crippen molar-refractivity contribution in [2.75, 3.05) is 18.1 Å². The minimum Gasteiger partial charge on any atom is -0.387 e. The molecule has 0 aromatic heterocycles. The van der Waals surface area contributed by atoms with Gasteiger partial charge >= 0.3 is 0 Å². The lowest BCUT2D eigenvalue weighted by atomic mass is 10.0. The third kappa shape index (κ3) is 4.30. The van der Waals surface area contributed by atoms with Gasteiger partial charge in [-0.3, -0.25) is 0 Å². The summed E-state index contributed by atoms with van der Waals surface area (Å²) in [4.78, 5) is 0. The summed E-state index contributed by atoms with van der Waals surface area (Å²) in [6.45, 7) is 4.50. The summed E-state index contributed by atoms with van der Waals surface area (Å²) in [5.41, 5.74) is 3.20. The molecule has 1 heterocycles. The van der Waals surface area contributed by atoms with Crippen LogP contribution >= 0.6 is 0 Å². The summed E-state index contributed by atoms with van der Waals surface area (Å²) in [6.07, 6.45) is 0.733. The summed E-state index contributed by atoms with van der Waals surface area (Å²) >= 11 is 0. The van der Waals surface area contributed by atoms with Crippen molar-refractivity contribution in [3.05, 3.63) is 34.9 Å². The molecule has 1 aromatic rings. The number of nitrogens with one attached hydrogen (secondary N) is 1. The van der Waals surface area contributed by atoms with Crippen LogP contribution in [0.15, 0.2) is 18.2 Å². The van der Waals surface area contributed by atoms with Crippen molar-refractivity contribution in [2.45, 2.75) is 38.8 Å². The fourth-order valence-corrected chi connectivity index (χ4v) is 4.18. The molecule has 1 fully saturated rings. The predicted molar refractivity (Wildman–Crippen MR) is 80.6 cm³/mol. The first kappa shape index (κ1) is 15.5. The maximum absolute atomic E-state index is 11.4. The number of aryl methyl sites for hydroxylation is 2. The maximum Gasteiger partial charge on any atom is 0.150 e. The van der Waals surface area contributed by atoms with E-state index in [-0.39, 0.29) is 17.5 Å². The Morgan fingerprint density at radius 2 is 1.75 bits per heavy atom. The van der Waals surface area contributed by atoms with Gasteiger partial charge in [0.25, 0.3) is 0 Å². The van der Waals surface area contributed by atoms with Gasteiger partial charge in [-0.1, -0.05) is 29.3 Å². The second-order valence-electron chi connectivity index (χ2n) is 5.77. The highest BCUT2D eigenvalue weighted by atomic mass is 32.2. The first-order chi connectivity index (χ1) is 9.35. The summed E-state index contributed by atoms with van der Waals surface area (Å²) < 4.78 is 22.7. The monoisotopic (exact) mass is 297 g/mol. The highest BCUT2D eigenvalue weighted by molar-refractivity contribution is 7.91. The van der Waals surface area contributed by atoms with E-state index in [1.165, 1.54) is 0 Å². The lowest BCUT2D eigenvalue weighted by Crippen LogP contribution is -2.39. The van der Waals surface area contributed by atoms with Crippen molar-refractivity contribution in [3.8, 4) is 0 Å². The van der Waals surface area contributed by atoms with E-state index in [1.54, 1.807) is 0 Å². The number of benzene rings is 1. The van der Waals surface area contributed by atoms with Crippen LogP contribution < -0.4 is 5.32 Å². The largest absolute Gasteiger partial charge is 0.387 e.